The van der Waals surface area contributed by atoms with Crippen molar-refractivity contribution in [3.8, 4) is 5.75 Å². The molecule has 2 heteroatoms. The van der Waals surface area contributed by atoms with Crippen LogP contribution in [0.3, 0.4) is 0 Å². The Morgan fingerprint density at radius 3 is 1.97 bits per heavy atom. The molecule has 1 aromatic rings. The lowest BCUT2D eigenvalue weighted by atomic mass is 9.76. The van der Waals surface area contributed by atoms with Crippen molar-refractivity contribution < 1.29 is 4.74 Å². The van der Waals surface area contributed by atoms with Crippen LogP contribution in [0, 0.1) is 17.8 Å². The summed E-state index contributed by atoms with van der Waals surface area (Å²) in [6.45, 7) is 4.62. The van der Waals surface area contributed by atoms with Crippen molar-refractivity contribution in [2.24, 2.45) is 17.8 Å². The molecule has 2 aliphatic rings. The number of benzene rings is 1. The number of unbranched alkanes of at least 4 members (excludes halogenated alkanes) is 4. The van der Waals surface area contributed by atoms with E-state index >= 15 is 0 Å². The van der Waals surface area contributed by atoms with Crippen LogP contribution in [0.15, 0.2) is 12.1 Å². The van der Waals surface area contributed by atoms with Gasteiger partial charge in [0.2, 0.25) is 0 Å². The molecule has 2 saturated carbocycles. The van der Waals surface area contributed by atoms with E-state index < -0.39 is 0 Å². The van der Waals surface area contributed by atoms with Gasteiger partial charge in [-0.1, -0.05) is 115 Å². The lowest BCUT2D eigenvalue weighted by Crippen LogP contribution is -2.15. The minimum Gasteiger partial charge on any atom is -0.495 e. The van der Waals surface area contributed by atoms with Gasteiger partial charge in [0, 0.05) is 0 Å². The predicted octanol–water partition coefficient (Wildman–Crippen LogP) is 10.5. The molecule has 33 heavy (non-hydrogen) atoms. The van der Waals surface area contributed by atoms with Crippen LogP contribution in [0.25, 0.3) is 0 Å². The number of aryl methyl sites for hydroxylation is 1. The Hall–Kier alpha value is -0.690. The van der Waals surface area contributed by atoms with Gasteiger partial charge in [-0.2, -0.15) is 0 Å². The van der Waals surface area contributed by atoms with E-state index in [1.165, 1.54) is 120 Å². The highest BCUT2D eigenvalue weighted by atomic mass is 35.5. The Morgan fingerprint density at radius 1 is 0.727 bits per heavy atom. The summed E-state index contributed by atoms with van der Waals surface area (Å²) < 4.78 is 5.86. The van der Waals surface area contributed by atoms with Gasteiger partial charge in [-0.25, -0.2) is 0 Å². The maximum atomic E-state index is 6.94. The number of ether oxygens (including phenoxy) is 1. The summed E-state index contributed by atoms with van der Waals surface area (Å²) in [5.74, 6) is 4.40. The molecule has 0 amide bonds. The molecule has 0 unspecified atom stereocenters. The van der Waals surface area contributed by atoms with Crippen LogP contribution in [0.5, 0.6) is 5.75 Å². The predicted molar refractivity (Wildman–Crippen MR) is 145 cm³/mol. The zero-order chi connectivity index (χ0) is 23.5. The van der Waals surface area contributed by atoms with Crippen LogP contribution < -0.4 is 4.74 Å². The second-order valence-electron chi connectivity index (χ2n) is 11.3. The van der Waals surface area contributed by atoms with Crippen molar-refractivity contribution in [1.82, 2.24) is 0 Å². The van der Waals surface area contributed by atoms with Gasteiger partial charge in [-0.05, 0) is 73.3 Å². The average Bonchev–Trinajstić information content (AvgIpc) is 2.84. The Balaban J connectivity index is 1.45. The molecule has 0 aliphatic heterocycles. The highest BCUT2D eigenvalue weighted by Gasteiger charge is 2.26. The van der Waals surface area contributed by atoms with Crippen LogP contribution in [-0.2, 0) is 6.42 Å². The van der Waals surface area contributed by atoms with Crippen molar-refractivity contribution in [3.63, 3.8) is 0 Å². The fraction of sp³-hybridized carbons (Fsp3) is 0.806. The molecule has 2 fully saturated rings. The normalized spacial score (nSPS) is 25.8. The Kier molecular flexibility index (Phi) is 11.9. The monoisotopic (exact) mass is 474 g/mol. The van der Waals surface area contributed by atoms with Crippen LogP contribution in [0.2, 0.25) is 5.02 Å². The quantitative estimate of drug-likeness (QED) is 0.258. The van der Waals surface area contributed by atoms with Gasteiger partial charge in [0.25, 0.3) is 0 Å². The van der Waals surface area contributed by atoms with Gasteiger partial charge >= 0.3 is 0 Å². The van der Waals surface area contributed by atoms with Crippen LogP contribution in [0.1, 0.15) is 140 Å². The van der Waals surface area contributed by atoms with Gasteiger partial charge in [0.1, 0.15) is 5.75 Å². The van der Waals surface area contributed by atoms with E-state index in [1.807, 2.05) is 0 Å². The third-order valence-electron chi connectivity index (χ3n) is 8.90. The summed E-state index contributed by atoms with van der Waals surface area (Å²) in [5.41, 5.74) is 2.66. The van der Waals surface area contributed by atoms with E-state index in [-0.39, 0.29) is 0 Å². The Labute approximate surface area is 210 Å². The molecule has 1 aromatic carbocycles. The largest absolute Gasteiger partial charge is 0.495 e. The fourth-order valence-electron chi connectivity index (χ4n) is 6.72. The molecule has 188 valence electrons. The summed E-state index contributed by atoms with van der Waals surface area (Å²) in [7, 11) is 1.80. The Morgan fingerprint density at radius 2 is 1.33 bits per heavy atom. The smallest absolute Gasteiger partial charge is 0.140 e. The molecule has 3 rings (SSSR count). The topological polar surface area (TPSA) is 9.23 Å². The number of methoxy groups -OCH3 is 1. The third-order valence-corrected chi connectivity index (χ3v) is 9.29. The zero-order valence-electron chi connectivity index (χ0n) is 22.0. The highest BCUT2D eigenvalue weighted by molar-refractivity contribution is 6.33. The summed E-state index contributed by atoms with van der Waals surface area (Å²) in [6.07, 6.45) is 24.8. The summed E-state index contributed by atoms with van der Waals surface area (Å²) in [4.78, 5) is 0. The summed E-state index contributed by atoms with van der Waals surface area (Å²) in [5, 5.41) is 0.903. The first-order valence-corrected chi connectivity index (χ1v) is 14.9. The van der Waals surface area contributed by atoms with Crippen molar-refractivity contribution in [2.75, 3.05) is 7.11 Å². The number of hydrogen-bond donors (Lipinski definition) is 0. The minimum atomic E-state index is 0.616. The minimum absolute atomic E-state index is 0.616. The van der Waals surface area contributed by atoms with Gasteiger partial charge < -0.3 is 4.74 Å². The van der Waals surface area contributed by atoms with Gasteiger partial charge in [0.05, 0.1) is 12.1 Å². The van der Waals surface area contributed by atoms with E-state index in [1.54, 1.807) is 7.11 Å². The van der Waals surface area contributed by atoms with Gasteiger partial charge in [-0.15, -0.1) is 0 Å². The highest BCUT2D eigenvalue weighted by Crippen LogP contribution is 2.44. The lowest BCUT2D eigenvalue weighted by molar-refractivity contribution is 0.248. The van der Waals surface area contributed by atoms with E-state index in [4.69, 9.17) is 16.3 Å². The number of rotatable bonds is 13. The van der Waals surface area contributed by atoms with Crippen LogP contribution >= 0.6 is 11.6 Å². The van der Waals surface area contributed by atoms with E-state index in [9.17, 15) is 0 Å². The second kappa shape index (κ2) is 14.7. The molecule has 1 nitrogen and oxygen atoms in total. The molecule has 2 aliphatic carbocycles. The molecular weight excluding hydrogens is 424 g/mol. The molecule has 0 bridgehead atoms. The molecule has 0 spiro atoms. The molecule has 0 atom stereocenters. The maximum Gasteiger partial charge on any atom is 0.140 e. The van der Waals surface area contributed by atoms with Crippen molar-refractivity contribution in [1.29, 1.82) is 0 Å². The molecule has 0 saturated heterocycles. The van der Waals surface area contributed by atoms with E-state index in [2.05, 4.69) is 26.0 Å². The van der Waals surface area contributed by atoms with Gasteiger partial charge in [-0.3, -0.25) is 0 Å². The Bertz CT molecular complexity index is 668. The third kappa shape index (κ3) is 8.19. The number of hydrogen-bond acceptors (Lipinski definition) is 1. The fourth-order valence-corrected chi connectivity index (χ4v) is 7.14. The summed E-state index contributed by atoms with van der Waals surface area (Å²) >= 11 is 6.94. The molecule has 0 N–H and O–H groups in total. The van der Waals surface area contributed by atoms with Crippen molar-refractivity contribution in [2.45, 2.75) is 135 Å². The first kappa shape index (κ1) is 26.9. The van der Waals surface area contributed by atoms with E-state index in [0.717, 1.165) is 34.9 Å². The van der Waals surface area contributed by atoms with Crippen LogP contribution in [-0.4, -0.2) is 7.11 Å². The standard InChI is InChI=1S/C31H51ClO/c1-4-6-7-8-9-11-25-12-14-26(15-13-25)18-21-28-22-23-29(30(32)31(28)33-3)27-19-16-24(10-5-2)17-20-27/h22-27H,4-21H2,1-3H3. The first-order chi connectivity index (χ1) is 16.2. The number of halogens is 1. The SMILES string of the molecule is CCCCCCCC1CCC(CCc2ccc(C3CCC(CCC)CC3)c(Cl)c2OC)CC1. The second-order valence-corrected chi connectivity index (χ2v) is 11.7. The van der Waals surface area contributed by atoms with Gasteiger partial charge in [0.15, 0.2) is 0 Å². The van der Waals surface area contributed by atoms with E-state index in [0.29, 0.717) is 5.92 Å². The molecule has 0 radical (unpaired) electrons. The zero-order valence-corrected chi connectivity index (χ0v) is 22.7. The first-order valence-electron chi connectivity index (χ1n) is 14.5. The maximum absolute atomic E-state index is 6.94. The molecule has 0 heterocycles. The summed E-state index contributed by atoms with van der Waals surface area (Å²) in [6, 6.07) is 4.67. The average molecular weight is 475 g/mol. The molecule has 0 aromatic heterocycles. The lowest BCUT2D eigenvalue weighted by Gasteiger charge is -2.30. The van der Waals surface area contributed by atoms with Crippen LogP contribution in [0.4, 0.5) is 0 Å². The van der Waals surface area contributed by atoms with Crippen molar-refractivity contribution in [3.05, 3.63) is 28.3 Å². The van der Waals surface area contributed by atoms with Crippen molar-refractivity contribution >= 4 is 11.6 Å². The molecular formula is C31H51ClO.